The first-order valence-electron chi connectivity index (χ1n) is 5.39. The van der Waals surface area contributed by atoms with Crippen molar-refractivity contribution in [2.45, 2.75) is 38.9 Å². The molecule has 0 unspecified atom stereocenters. The fraction of sp³-hybridized carbons (Fsp3) is 0.545. The summed E-state index contributed by atoms with van der Waals surface area (Å²) in [7, 11) is -0.718. The van der Waals surface area contributed by atoms with Crippen molar-refractivity contribution < 1.29 is 13.7 Å². The Morgan fingerprint density at radius 3 is 2.24 bits per heavy atom. The summed E-state index contributed by atoms with van der Waals surface area (Å²) in [5, 5.41) is 0. The minimum absolute atomic E-state index is 0.310. The van der Waals surface area contributed by atoms with Crippen LogP contribution in [0.4, 0.5) is 4.39 Å². The SMILES string of the molecule is CC1(C)OB(c2cncc(Br)c2F)OC1(C)C. The Hall–Kier alpha value is -0.455. The lowest BCUT2D eigenvalue weighted by atomic mass is 9.80. The molecule has 1 aromatic rings. The second-order valence-corrected chi connectivity index (χ2v) is 5.97. The third kappa shape index (κ3) is 2.14. The van der Waals surface area contributed by atoms with Gasteiger partial charge in [0.15, 0.2) is 0 Å². The summed E-state index contributed by atoms with van der Waals surface area (Å²) in [6.45, 7) is 7.71. The van der Waals surface area contributed by atoms with Gasteiger partial charge in [0.25, 0.3) is 0 Å². The zero-order valence-electron chi connectivity index (χ0n) is 10.3. The molecule has 0 spiro atoms. The number of rotatable bonds is 1. The standard InChI is InChI=1S/C11H14BBrFNO2/c1-10(2)11(3,4)17-12(16-10)7-5-15-6-8(13)9(7)14/h5-6H,1-4H3. The quantitative estimate of drug-likeness (QED) is 0.746. The number of nitrogens with zero attached hydrogens (tertiary/aromatic N) is 1. The second-order valence-electron chi connectivity index (χ2n) is 5.11. The molecule has 1 fully saturated rings. The monoisotopic (exact) mass is 301 g/mol. The molecule has 0 aromatic carbocycles. The fourth-order valence-corrected chi connectivity index (χ4v) is 1.92. The Kier molecular flexibility index (Phi) is 3.08. The number of pyridine rings is 1. The molecule has 1 aliphatic heterocycles. The molecule has 1 aliphatic rings. The van der Waals surface area contributed by atoms with Crippen LogP contribution >= 0.6 is 15.9 Å². The summed E-state index contributed by atoms with van der Waals surface area (Å²) < 4.78 is 25.7. The van der Waals surface area contributed by atoms with Gasteiger partial charge in [-0.15, -0.1) is 0 Å². The third-order valence-electron chi connectivity index (χ3n) is 3.37. The van der Waals surface area contributed by atoms with E-state index in [4.69, 9.17) is 9.31 Å². The summed E-state index contributed by atoms with van der Waals surface area (Å²) in [6, 6.07) is 0. The van der Waals surface area contributed by atoms with E-state index >= 15 is 0 Å². The van der Waals surface area contributed by atoms with E-state index in [2.05, 4.69) is 20.9 Å². The zero-order valence-corrected chi connectivity index (χ0v) is 11.8. The van der Waals surface area contributed by atoms with E-state index in [0.29, 0.717) is 9.94 Å². The van der Waals surface area contributed by atoms with Gasteiger partial charge in [-0.25, -0.2) is 4.39 Å². The normalized spacial score (nSPS) is 21.9. The molecule has 2 heterocycles. The van der Waals surface area contributed by atoms with Crippen molar-refractivity contribution in [2.24, 2.45) is 0 Å². The molecular weight excluding hydrogens is 288 g/mol. The van der Waals surface area contributed by atoms with Crippen LogP contribution in [0.5, 0.6) is 0 Å². The van der Waals surface area contributed by atoms with Crippen molar-refractivity contribution in [1.82, 2.24) is 4.98 Å². The maximum absolute atomic E-state index is 13.9. The van der Waals surface area contributed by atoms with Gasteiger partial charge in [0.2, 0.25) is 0 Å². The van der Waals surface area contributed by atoms with Crippen LogP contribution in [0.3, 0.4) is 0 Å². The van der Waals surface area contributed by atoms with Gasteiger partial charge in [-0.2, -0.15) is 0 Å². The van der Waals surface area contributed by atoms with Crippen molar-refractivity contribution in [3.05, 3.63) is 22.7 Å². The molecule has 2 rings (SSSR count). The van der Waals surface area contributed by atoms with Crippen LogP contribution in [-0.4, -0.2) is 23.3 Å². The Balaban J connectivity index is 2.36. The Labute approximate surface area is 109 Å². The molecule has 0 bridgehead atoms. The highest BCUT2D eigenvalue weighted by molar-refractivity contribution is 9.10. The summed E-state index contributed by atoms with van der Waals surface area (Å²) >= 11 is 3.10. The van der Waals surface area contributed by atoms with Gasteiger partial charge in [-0.05, 0) is 43.6 Å². The van der Waals surface area contributed by atoms with Crippen LogP contribution in [-0.2, 0) is 9.31 Å². The average molecular weight is 302 g/mol. The molecule has 92 valence electrons. The third-order valence-corrected chi connectivity index (χ3v) is 3.92. The largest absolute Gasteiger partial charge is 0.499 e. The van der Waals surface area contributed by atoms with E-state index in [1.165, 1.54) is 12.4 Å². The van der Waals surface area contributed by atoms with Crippen LogP contribution in [0, 0.1) is 5.82 Å². The molecular formula is C11H14BBrFNO2. The molecule has 0 atom stereocenters. The Morgan fingerprint density at radius 1 is 1.18 bits per heavy atom. The Bertz CT molecular complexity index is 437. The molecule has 0 saturated carbocycles. The summed E-state index contributed by atoms with van der Waals surface area (Å²) in [6.07, 6.45) is 2.84. The van der Waals surface area contributed by atoms with Gasteiger partial charge in [0.1, 0.15) is 5.82 Å². The van der Waals surface area contributed by atoms with E-state index in [1.54, 1.807) is 0 Å². The van der Waals surface area contributed by atoms with Crippen LogP contribution in [0.2, 0.25) is 0 Å². The molecule has 1 aromatic heterocycles. The van der Waals surface area contributed by atoms with E-state index in [-0.39, 0.29) is 0 Å². The molecule has 0 N–H and O–H groups in total. The number of aromatic nitrogens is 1. The van der Waals surface area contributed by atoms with E-state index in [9.17, 15) is 4.39 Å². The second kappa shape index (κ2) is 4.04. The smallest absolute Gasteiger partial charge is 0.399 e. The highest BCUT2D eigenvalue weighted by Crippen LogP contribution is 2.36. The van der Waals surface area contributed by atoms with Crippen molar-refractivity contribution in [2.75, 3.05) is 0 Å². The minimum atomic E-state index is -0.718. The average Bonchev–Trinajstić information content (AvgIpc) is 2.40. The van der Waals surface area contributed by atoms with Gasteiger partial charge < -0.3 is 9.31 Å². The predicted octanol–water partition coefficient (Wildman–Crippen LogP) is 2.28. The first-order valence-corrected chi connectivity index (χ1v) is 6.18. The van der Waals surface area contributed by atoms with Crippen LogP contribution in [0.15, 0.2) is 16.9 Å². The van der Waals surface area contributed by atoms with Crippen molar-refractivity contribution in [3.63, 3.8) is 0 Å². The van der Waals surface area contributed by atoms with Crippen molar-refractivity contribution in [3.8, 4) is 0 Å². The van der Waals surface area contributed by atoms with Crippen LogP contribution in [0.25, 0.3) is 0 Å². The molecule has 0 radical (unpaired) electrons. The summed E-state index contributed by atoms with van der Waals surface area (Å²) in [4.78, 5) is 3.94. The fourth-order valence-electron chi connectivity index (χ4n) is 1.57. The van der Waals surface area contributed by atoms with Gasteiger partial charge in [0, 0.05) is 17.9 Å². The molecule has 0 amide bonds. The van der Waals surface area contributed by atoms with E-state index in [0.717, 1.165) is 0 Å². The van der Waals surface area contributed by atoms with Crippen molar-refractivity contribution >= 4 is 28.5 Å². The highest BCUT2D eigenvalue weighted by atomic mass is 79.9. The molecule has 17 heavy (non-hydrogen) atoms. The van der Waals surface area contributed by atoms with Gasteiger partial charge in [-0.1, -0.05) is 0 Å². The summed E-state index contributed by atoms with van der Waals surface area (Å²) in [5.74, 6) is -0.390. The Morgan fingerprint density at radius 2 is 1.71 bits per heavy atom. The lowest BCUT2D eigenvalue weighted by Crippen LogP contribution is -2.41. The number of hydrogen-bond acceptors (Lipinski definition) is 3. The maximum atomic E-state index is 13.9. The minimum Gasteiger partial charge on any atom is -0.399 e. The predicted molar refractivity (Wildman–Crippen MR) is 67.6 cm³/mol. The van der Waals surface area contributed by atoms with Crippen molar-refractivity contribution in [1.29, 1.82) is 0 Å². The van der Waals surface area contributed by atoms with E-state index in [1.807, 2.05) is 27.7 Å². The van der Waals surface area contributed by atoms with Gasteiger partial charge in [0.05, 0.1) is 15.7 Å². The lowest BCUT2D eigenvalue weighted by Gasteiger charge is -2.32. The first-order chi connectivity index (χ1) is 7.74. The van der Waals surface area contributed by atoms with Gasteiger partial charge >= 0.3 is 7.12 Å². The van der Waals surface area contributed by atoms with E-state index < -0.39 is 24.1 Å². The first kappa shape index (κ1) is 13.0. The molecule has 6 heteroatoms. The van der Waals surface area contributed by atoms with Crippen LogP contribution < -0.4 is 5.46 Å². The molecule has 1 saturated heterocycles. The lowest BCUT2D eigenvalue weighted by molar-refractivity contribution is 0.00578. The molecule has 3 nitrogen and oxygen atoms in total. The van der Waals surface area contributed by atoms with Gasteiger partial charge in [-0.3, -0.25) is 4.98 Å². The zero-order chi connectivity index (χ0) is 12.8. The summed E-state index contributed by atoms with van der Waals surface area (Å²) in [5.41, 5.74) is -0.642. The highest BCUT2D eigenvalue weighted by Gasteiger charge is 2.52. The topological polar surface area (TPSA) is 31.4 Å². The number of halogens is 2. The number of hydrogen-bond donors (Lipinski definition) is 0. The maximum Gasteiger partial charge on any atom is 0.499 e. The molecule has 0 aliphatic carbocycles. The van der Waals surface area contributed by atoms with Crippen LogP contribution in [0.1, 0.15) is 27.7 Å².